The number of rotatable bonds is 4. The van der Waals surface area contributed by atoms with Crippen LogP contribution in [0.2, 0.25) is 0 Å². The molecular weight excluding hydrogens is 548 g/mol. The van der Waals surface area contributed by atoms with Crippen LogP contribution < -0.4 is 5.32 Å². The van der Waals surface area contributed by atoms with Crippen LogP contribution in [0.25, 0.3) is 0 Å². The number of hydrogen-bond donors (Lipinski definition) is 3. The molecule has 2 aliphatic heterocycles. The maximum absolute atomic E-state index is 10.6. The van der Waals surface area contributed by atoms with Gasteiger partial charge in [0.1, 0.15) is 10.8 Å². The fraction of sp³-hybridized carbons (Fsp3) is 0.571. The van der Waals surface area contributed by atoms with Crippen molar-refractivity contribution in [2.45, 2.75) is 56.7 Å². The number of hydrogen-bond acceptors (Lipinski definition) is 9. The Hall–Kier alpha value is -3.05. The Balaban J connectivity index is 0.000000301. The first-order valence-corrected chi connectivity index (χ1v) is 11.9. The van der Waals surface area contributed by atoms with Crippen LogP contribution in [0.15, 0.2) is 23.7 Å². The lowest BCUT2D eigenvalue weighted by Crippen LogP contribution is -2.47. The van der Waals surface area contributed by atoms with Crippen LogP contribution in [0.5, 0.6) is 0 Å². The molecule has 0 aliphatic carbocycles. The molecule has 212 valence electrons. The molecule has 1 spiro atoms. The molecule has 10 nitrogen and oxygen atoms in total. The summed E-state index contributed by atoms with van der Waals surface area (Å²) in [5.41, 5.74) is 0.912. The Morgan fingerprint density at radius 2 is 1.79 bits per heavy atom. The lowest BCUT2D eigenvalue weighted by atomic mass is 9.88. The van der Waals surface area contributed by atoms with Crippen LogP contribution >= 0.6 is 11.3 Å². The zero-order valence-electron chi connectivity index (χ0n) is 19.9. The Kier molecular flexibility index (Phi) is 10.8. The van der Waals surface area contributed by atoms with E-state index in [1.807, 2.05) is 30.6 Å². The molecule has 4 heterocycles. The average Bonchev–Trinajstić information content (AvgIpc) is 3.45. The van der Waals surface area contributed by atoms with Crippen LogP contribution in [-0.2, 0) is 20.9 Å². The number of halogens is 6. The molecule has 3 N–H and O–H groups in total. The molecular formula is C21H25F6N5O5S. The number of aliphatic carboxylic acids is 2. The van der Waals surface area contributed by atoms with E-state index >= 15 is 0 Å². The number of aromatic nitrogens is 3. The van der Waals surface area contributed by atoms with Gasteiger partial charge >= 0.3 is 24.3 Å². The minimum Gasteiger partial charge on any atom is -0.475 e. The highest BCUT2D eigenvalue weighted by Crippen LogP contribution is 2.36. The average molecular weight is 574 g/mol. The summed E-state index contributed by atoms with van der Waals surface area (Å²) >= 11 is 1.73. The van der Waals surface area contributed by atoms with E-state index in [1.165, 1.54) is 11.4 Å². The summed E-state index contributed by atoms with van der Waals surface area (Å²) < 4.78 is 69.7. The number of ether oxygens (including phenoxy) is 1. The van der Waals surface area contributed by atoms with Crippen molar-refractivity contribution in [3.63, 3.8) is 0 Å². The fourth-order valence-corrected chi connectivity index (χ4v) is 4.41. The van der Waals surface area contributed by atoms with Crippen molar-refractivity contribution in [2.24, 2.45) is 0 Å². The molecule has 4 rings (SSSR count). The molecule has 2 atom stereocenters. The predicted molar refractivity (Wildman–Crippen MR) is 121 cm³/mol. The molecule has 2 aliphatic rings. The quantitative estimate of drug-likeness (QED) is 0.464. The van der Waals surface area contributed by atoms with Crippen molar-refractivity contribution in [3.8, 4) is 0 Å². The zero-order chi connectivity index (χ0) is 28.6. The van der Waals surface area contributed by atoms with Crippen LogP contribution in [0, 0.1) is 6.92 Å². The van der Waals surface area contributed by atoms with E-state index in [0.29, 0.717) is 6.04 Å². The molecule has 2 unspecified atom stereocenters. The lowest BCUT2D eigenvalue weighted by molar-refractivity contribution is -0.193. The Morgan fingerprint density at radius 1 is 1.16 bits per heavy atom. The summed E-state index contributed by atoms with van der Waals surface area (Å²) in [6.45, 7) is 5.74. The van der Waals surface area contributed by atoms with E-state index in [-0.39, 0.29) is 5.60 Å². The molecule has 0 aromatic carbocycles. The second-order valence-electron chi connectivity index (χ2n) is 8.45. The highest BCUT2D eigenvalue weighted by Gasteiger charge is 2.43. The largest absolute Gasteiger partial charge is 0.490 e. The Bertz CT molecular complexity index is 1010. The molecule has 2 aromatic rings. The van der Waals surface area contributed by atoms with Crippen LogP contribution in [-0.4, -0.2) is 85.9 Å². The number of likely N-dealkylation sites (tertiary alicyclic amines) is 1. The van der Waals surface area contributed by atoms with E-state index in [9.17, 15) is 26.3 Å². The molecule has 2 saturated heterocycles. The number of aryl methyl sites for hydroxylation is 1. The van der Waals surface area contributed by atoms with Crippen molar-refractivity contribution < 1.29 is 50.9 Å². The summed E-state index contributed by atoms with van der Waals surface area (Å²) in [5.74, 6) is -4.68. The van der Waals surface area contributed by atoms with E-state index < -0.39 is 24.3 Å². The maximum Gasteiger partial charge on any atom is 0.490 e. The molecule has 2 fully saturated rings. The van der Waals surface area contributed by atoms with Gasteiger partial charge in [0, 0.05) is 24.5 Å². The van der Waals surface area contributed by atoms with Crippen molar-refractivity contribution in [2.75, 3.05) is 25.0 Å². The number of carboxylic acid groups (broad SMARTS) is 2. The van der Waals surface area contributed by atoms with Crippen LogP contribution in [0.3, 0.4) is 0 Å². The van der Waals surface area contributed by atoms with Gasteiger partial charge in [-0.3, -0.25) is 4.90 Å². The second kappa shape index (κ2) is 13.1. The third kappa shape index (κ3) is 10.4. The van der Waals surface area contributed by atoms with Gasteiger partial charge in [-0.25, -0.2) is 14.6 Å². The van der Waals surface area contributed by atoms with E-state index in [1.54, 1.807) is 11.3 Å². The number of anilines is 1. The number of alkyl halides is 6. The van der Waals surface area contributed by atoms with Crippen LogP contribution in [0.4, 0.5) is 32.2 Å². The fourth-order valence-electron chi connectivity index (χ4n) is 3.75. The van der Waals surface area contributed by atoms with Gasteiger partial charge in [-0.15, -0.1) is 16.4 Å². The third-order valence-electron chi connectivity index (χ3n) is 5.30. The summed E-state index contributed by atoms with van der Waals surface area (Å²) in [6, 6.07) is 4.28. The first-order chi connectivity index (χ1) is 17.6. The monoisotopic (exact) mass is 573 g/mol. The molecule has 0 bridgehead atoms. The summed E-state index contributed by atoms with van der Waals surface area (Å²) in [6.07, 6.45) is -4.94. The predicted octanol–water partition coefficient (Wildman–Crippen LogP) is 3.74. The molecule has 0 radical (unpaired) electrons. The first kappa shape index (κ1) is 31.2. The van der Waals surface area contributed by atoms with Crippen molar-refractivity contribution >= 4 is 29.1 Å². The van der Waals surface area contributed by atoms with Crippen molar-refractivity contribution in [3.05, 3.63) is 34.4 Å². The van der Waals surface area contributed by atoms with Gasteiger partial charge in [0.25, 0.3) is 0 Å². The van der Waals surface area contributed by atoms with E-state index in [0.717, 1.165) is 50.6 Å². The van der Waals surface area contributed by atoms with Crippen molar-refractivity contribution in [1.29, 1.82) is 0 Å². The van der Waals surface area contributed by atoms with E-state index in [2.05, 4.69) is 25.4 Å². The molecule has 0 saturated carbocycles. The number of carbonyl (C=O) groups is 2. The number of nitrogens with zero attached hydrogens (tertiary/aromatic N) is 4. The standard InChI is InChI=1S/C17H23N5OS.2C2HF3O2/c1-13-3-4-15(21-20-13)19-14-9-17(23-11-14)5-2-7-22(12-17)10-16-18-6-8-24-16;2*3-2(4,5)1(6)7/h3-4,6,8,14H,2,5,7,9-12H2,1H3,(H,19,21);2*(H,6,7). The smallest absolute Gasteiger partial charge is 0.475 e. The van der Waals surface area contributed by atoms with Crippen molar-refractivity contribution in [1.82, 2.24) is 20.1 Å². The van der Waals surface area contributed by atoms with Crippen LogP contribution in [0.1, 0.15) is 30.0 Å². The highest BCUT2D eigenvalue weighted by atomic mass is 32.1. The molecule has 2 aromatic heterocycles. The normalized spacial score (nSPS) is 21.6. The van der Waals surface area contributed by atoms with Gasteiger partial charge in [-0.2, -0.15) is 31.4 Å². The van der Waals surface area contributed by atoms with Gasteiger partial charge in [0.2, 0.25) is 0 Å². The summed E-state index contributed by atoms with van der Waals surface area (Å²) in [4.78, 5) is 24.7. The van der Waals surface area contributed by atoms with Gasteiger partial charge in [-0.05, 0) is 38.4 Å². The van der Waals surface area contributed by atoms with Gasteiger partial charge < -0.3 is 20.3 Å². The first-order valence-electron chi connectivity index (χ1n) is 11.0. The number of piperidine rings is 1. The maximum atomic E-state index is 10.6. The minimum atomic E-state index is -5.08. The van der Waals surface area contributed by atoms with Gasteiger partial charge in [0.15, 0.2) is 0 Å². The molecule has 0 amide bonds. The topological polar surface area (TPSA) is 138 Å². The lowest BCUT2D eigenvalue weighted by Gasteiger charge is -2.39. The van der Waals surface area contributed by atoms with E-state index in [4.69, 9.17) is 24.5 Å². The molecule has 38 heavy (non-hydrogen) atoms. The SMILES string of the molecule is Cc1ccc(NC2COC3(CCCN(Cc4nccs4)C3)C2)nn1.O=C(O)C(F)(F)F.O=C(O)C(F)(F)F. The molecule has 17 heteroatoms. The summed E-state index contributed by atoms with van der Waals surface area (Å²) in [7, 11) is 0. The Labute approximate surface area is 216 Å². The minimum absolute atomic E-state index is 0.0225. The number of nitrogens with one attached hydrogen (secondary N) is 1. The Morgan fingerprint density at radius 3 is 2.29 bits per heavy atom. The van der Waals surface area contributed by atoms with Gasteiger partial charge in [-0.1, -0.05) is 0 Å². The highest BCUT2D eigenvalue weighted by molar-refractivity contribution is 7.09. The van der Waals surface area contributed by atoms with Gasteiger partial charge in [0.05, 0.1) is 30.5 Å². The number of thiazole rings is 1. The third-order valence-corrected chi connectivity index (χ3v) is 6.07. The zero-order valence-corrected chi connectivity index (χ0v) is 20.7. The number of carboxylic acids is 2. The second-order valence-corrected chi connectivity index (χ2v) is 9.42. The summed E-state index contributed by atoms with van der Waals surface area (Å²) in [5, 5.41) is 29.3.